The summed E-state index contributed by atoms with van der Waals surface area (Å²) >= 11 is 0. The number of carbonyl (C=O) groups is 2. The third kappa shape index (κ3) is 3.55. The van der Waals surface area contributed by atoms with Gasteiger partial charge >= 0.3 is 5.97 Å². The zero-order chi connectivity index (χ0) is 15.7. The van der Waals surface area contributed by atoms with E-state index >= 15 is 0 Å². The number of aromatic nitrogens is 3. The maximum atomic E-state index is 12.0. The van der Waals surface area contributed by atoms with Crippen LogP contribution in [0.15, 0.2) is 0 Å². The summed E-state index contributed by atoms with van der Waals surface area (Å²) in [7, 11) is 3.33. The molecule has 1 heterocycles. The summed E-state index contributed by atoms with van der Waals surface area (Å²) < 4.78 is 6.69. The van der Waals surface area contributed by atoms with Crippen molar-refractivity contribution in [1.82, 2.24) is 19.9 Å². The Labute approximate surface area is 118 Å². The standard InChI is InChI=1S/C13H22N4O3/c1-8-10(12(19)20-13(3,4)5)14-15-17(8)9(2)11(18)16(6)7/h9H,1-7H3. The largest absolute Gasteiger partial charge is 0.455 e. The predicted octanol–water partition coefficient (Wildman–Crippen LogP) is 1.19. The van der Waals surface area contributed by atoms with Crippen LogP contribution < -0.4 is 0 Å². The van der Waals surface area contributed by atoms with Gasteiger partial charge in [0.25, 0.3) is 0 Å². The third-order valence-corrected chi connectivity index (χ3v) is 2.68. The van der Waals surface area contributed by atoms with E-state index in [9.17, 15) is 9.59 Å². The fourth-order valence-corrected chi connectivity index (χ4v) is 1.70. The smallest absolute Gasteiger partial charge is 0.361 e. The minimum atomic E-state index is -0.599. The highest BCUT2D eigenvalue weighted by molar-refractivity contribution is 5.88. The molecule has 7 heteroatoms. The van der Waals surface area contributed by atoms with Gasteiger partial charge in [0.15, 0.2) is 5.69 Å². The molecule has 0 spiro atoms. The van der Waals surface area contributed by atoms with Crippen molar-refractivity contribution in [1.29, 1.82) is 0 Å². The van der Waals surface area contributed by atoms with Crippen LogP contribution in [0.2, 0.25) is 0 Å². The number of esters is 1. The minimum absolute atomic E-state index is 0.117. The normalized spacial score (nSPS) is 12.9. The lowest BCUT2D eigenvalue weighted by Crippen LogP contribution is -2.31. The molecule has 0 N–H and O–H groups in total. The van der Waals surface area contributed by atoms with Gasteiger partial charge in [-0.15, -0.1) is 5.10 Å². The van der Waals surface area contributed by atoms with Crippen LogP contribution in [0.5, 0.6) is 0 Å². The zero-order valence-corrected chi connectivity index (χ0v) is 13.1. The molecule has 20 heavy (non-hydrogen) atoms. The zero-order valence-electron chi connectivity index (χ0n) is 13.1. The molecule has 0 aliphatic heterocycles. The molecule has 0 aliphatic rings. The Morgan fingerprint density at radius 3 is 2.30 bits per heavy atom. The van der Waals surface area contributed by atoms with Crippen LogP contribution in [0, 0.1) is 6.92 Å². The van der Waals surface area contributed by atoms with Crippen molar-refractivity contribution in [3.8, 4) is 0 Å². The molecule has 1 aromatic rings. The molecule has 1 rings (SSSR count). The van der Waals surface area contributed by atoms with Gasteiger partial charge in [-0.25, -0.2) is 9.48 Å². The molecule has 1 aromatic heterocycles. The molecular formula is C13H22N4O3. The molecule has 0 saturated heterocycles. The Balaban J connectivity index is 3.01. The summed E-state index contributed by atoms with van der Waals surface area (Å²) in [6.45, 7) is 8.75. The van der Waals surface area contributed by atoms with Gasteiger partial charge < -0.3 is 9.64 Å². The summed E-state index contributed by atoms with van der Waals surface area (Å²) in [5, 5.41) is 7.72. The number of amides is 1. The minimum Gasteiger partial charge on any atom is -0.455 e. The lowest BCUT2D eigenvalue weighted by molar-refractivity contribution is -0.132. The van der Waals surface area contributed by atoms with Crippen molar-refractivity contribution >= 4 is 11.9 Å². The number of hydrogen-bond donors (Lipinski definition) is 0. The van der Waals surface area contributed by atoms with E-state index in [2.05, 4.69) is 10.3 Å². The van der Waals surface area contributed by atoms with E-state index in [1.54, 1.807) is 48.7 Å². The maximum absolute atomic E-state index is 12.0. The van der Waals surface area contributed by atoms with Crippen LogP contribution >= 0.6 is 0 Å². The molecule has 0 aliphatic carbocycles. The van der Waals surface area contributed by atoms with Crippen LogP contribution in [0.4, 0.5) is 0 Å². The van der Waals surface area contributed by atoms with Gasteiger partial charge in [0.1, 0.15) is 11.6 Å². The molecule has 0 bridgehead atoms. The van der Waals surface area contributed by atoms with Crippen molar-refractivity contribution < 1.29 is 14.3 Å². The van der Waals surface area contributed by atoms with E-state index in [0.29, 0.717) is 5.69 Å². The fraction of sp³-hybridized carbons (Fsp3) is 0.692. The highest BCUT2D eigenvalue weighted by Crippen LogP contribution is 2.16. The second-order valence-corrected chi connectivity index (χ2v) is 5.88. The Morgan fingerprint density at radius 1 is 1.30 bits per heavy atom. The van der Waals surface area contributed by atoms with Crippen molar-refractivity contribution in [3.05, 3.63) is 11.4 Å². The van der Waals surface area contributed by atoms with Gasteiger partial charge in [-0.05, 0) is 34.6 Å². The first-order valence-corrected chi connectivity index (χ1v) is 6.41. The van der Waals surface area contributed by atoms with Crippen molar-refractivity contribution in [2.75, 3.05) is 14.1 Å². The molecule has 7 nitrogen and oxygen atoms in total. The molecule has 0 radical (unpaired) electrons. The topological polar surface area (TPSA) is 77.3 Å². The highest BCUT2D eigenvalue weighted by Gasteiger charge is 2.27. The van der Waals surface area contributed by atoms with Crippen LogP contribution in [0.1, 0.15) is 49.9 Å². The first kappa shape index (κ1) is 16.1. The summed E-state index contributed by atoms with van der Waals surface area (Å²) in [5.41, 5.74) is 0.0542. The molecular weight excluding hydrogens is 260 g/mol. The van der Waals surface area contributed by atoms with E-state index < -0.39 is 17.6 Å². The molecule has 0 saturated carbocycles. The average molecular weight is 282 g/mol. The Hall–Kier alpha value is -1.92. The Bertz CT molecular complexity index is 514. The maximum Gasteiger partial charge on any atom is 0.361 e. The van der Waals surface area contributed by atoms with Gasteiger partial charge in [0, 0.05) is 14.1 Å². The average Bonchev–Trinajstić information content (AvgIpc) is 2.66. The number of nitrogens with zero attached hydrogens (tertiary/aromatic N) is 4. The van der Waals surface area contributed by atoms with Crippen molar-refractivity contribution in [3.63, 3.8) is 0 Å². The van der Waals surface area contributed by atoms with Gasteiger partial charge in [0.05, 0.1) is 5.69 Å². The van der Waals surface area contributed by atoms with E-state index in [1.165, 1.54) is 9.58 Å². The quantitative estimate of drug-likeness (QED) is 0.778. The molecule has 1 atom stereocenters. The van der Waals surface area contributed by atoms with Gasteiger partial charge in [-0.3, -0.25) is 4.79 Å². The SMILES string of the molecule is Cc1c(C(=O)OC(C)(C)C)nnn1C(C)C(=O)N(C)C. The highest BCUT2D eigenvalue weighted by atomic mass is 16.6. The molecule has 1 unspecified atom stereocenters. The summed E-state index contributed by atoms with van der Waals surface area (Å²) in [6, 6.07) is -0.520. The monoisotopic (exact) mass is 282 g/mol. The van der Waals surface area contributed by atoms with Gasteiger partial charge in [-0.1, -0.05) is 5.21 Å². The third-order valence-electron chi connectivity index (χ3n) is 2.68. The Morgan fingerprint density at radius 2 is 1.85 bits per heavy atom. The van der Waals surface area contributed by atoms with E-state index in [0.717, 1.165) is 0 Å². The van der Waals surface area contributed by atoms with E-state index in [1.807, 2.05) is 0 Å². The molecule has 1 amide bonds. The van der Waals surface area contributed by atoms with Gasteiger partial charge in [0.2, 0.25) is 5.91 Å². The lowest BCUT2D eigenvalue weighted by atomic mass is 10.2. The van der Waals surface area contributed by atoms with Crippen LogP contribution in [-0.4, -0.2) is 51.5 Å². The summed E-state index contributed by atoms with van der Waals surface area (Å²) in [6.07, 6.45) is 0. The van der Waals surface area contributed by atoms with Crippen LogP contribution in [0.3, 0.4) is 0 Å². The first-order chi connectivity index (χ1) is 9.04. The van der Waals surface area contributed by atoms with E-state index in [-0.39, 0.29) is 11.6 Å². The first-order valence-electron chi connectivity index (χ1n) is 6.41. The predicted molar refractivity (Wildman–Crippen MR) is 73.3 cm³/mol. The van der Waals surface area contributed by atoms with E-state index in [4.69, 9.17) is 4.74 Å². The Kier molecular flexibility index (Phi) is 4.52. The molecule has 0 fully saturated rings. The van der Waals surface area contributed by atoms with Crippen LogP contribution in [0.25, 0.3) is 0 Å². The van der Waals surface area contributed by atoms with Gasteiger partial charge in [-0.2, -0.15) is 0 Å². The number of likely N-dealkylation sites (N-methyl/N-ethyl adjacent to an activating group) is 1. The molecule has 112 valence electrons. The summed E-state index contributed by atoms with van der Waals surface area (Å²) in [5.74, 6) is -0.653. The second-order valence-electron chi connectivity index (χ2n) is 5.88. The number of ether oxygens (including phenoxy) is 1. The number of hydrogen-bond acceptors (Lipinski definition) is 5. The lowest BCUT2D eigenvalue weighted by Gasteiger charge is -2.19. The number of rotatable bonds is 3. The van der Waals surface area contributed by atoms with Crippen LogP contribution in [-0.2, 0) is 9.53 Å². The summed E-state index contributed by atoms with van der Waals surface area (Å²) in [4.78, 5) is 25.4. The fourth-order valence-electron chi connectivity index (χ4n) is 1.70. The van der Waals surface area contributed by atoms with Crippen molar-refractivity contribution in [2.45, 2.75) is 46.3 Å². The molecule has 0 aromatic carbocycles. The number of carbonyl (C=O) groups excluding carboxylic acids is 2. The van der Waals surface area contributed by atoms with Crippen molar-refractivity contribution in [2.24, 2.45) is 0 Å². The second kappa shape index (κ2) is 5.60.